The van der Waals surface area contributed by atoms with Crippen molar-refractivity contribution in [3.8, 4) is 5.75 Å². The standard InChI is InChI=1S/C17H16F3N2O7PS/c18-13-12(24)14(22-6-5-11(23)21-16(22)25)28-17(13,15(19)20)8-27-30(31)26-7-9-3-1-2-4-10(9)29-30/h1-6,12-15,24H,7-8H2,(H,21,23,25)/t12-,13-,14-,17-,30?/m1/s1. The van der Waals surface area contributed by atoms with Gasteiger partial charge in [0.15, 0.2) is 18.0 Å². The minimum atomic E-state index is -3.58. The molecule has 2 aromatic rings. The maximum Gasteiger partial charge on any atom is 0.381 e. The fraction of sp³-hybridized carbons (Fsp3) is 0.412. The summed E-state index contributed by atoms with van der Waals surface area (Å²) in [7, 11) is 0. The largest absolute Gasteiger partial charge is 0.424 e. The first-order valence-electron chi connectivity index (χ1n) is 8.91. The lowest BCUT2D eigenvalue weighted by Gasteiger charge is -2.33. The van der Waals surface area contributed by atoms with Crippen LogP contribution in [0.1, 0.15) is 11.8 Å². The highest BCUT2D eigenvalue weighted by molar-refractivity contribution is 8.07. The Morgan fingerprint density at radius 1 is 1.35 bits per heavy atom. The number of aliphatic hydroxyl groups is 1. The van der Waals surface area contributed by atoms with E-state index in [-0.39, 0.29) is 6.61 Å². The maximum absolute atomic E-state index is 14.9. The number of para-hydroxylation sites is 1. The van der Waals surface area contributed by atoms with Crippen LogP contribution in [0.15, 0.2) is 46.1 Å². The SMILES string of the molecule is O=c1ccn([C@@H]2O[C@@](COP3(=S)OCc4ccccc4O3)(C(F)F)[C@H](F)[C@H]2O)c(=O)[nH]1. The molecule has 0 bridgehead atoms. The smallest absolute Gasteiger partial charge is 0.381 e. The quantitative estimate of drug-likeness (QED) is 0.622. The molecule has 1 saturated heterocycles. The van der Waals surface area contributed by atoms with Crippen molar-refractivity contribution in [2.45, 2.75) is 37.1 Å². The minimum absolute atomic E-state index is 0.00701. The first-order valence-corrected chi connectivity index (χ1v) is 11.5. The highest BCUT2D eigenvalue weighted by atomic mass is 32.5. The Kier molecular flexibility index (Phi) is 5.83. The van der Waals surface area contributed by atoms with Gasteiger partial charge in [-0.2, -0.15) is 0 Å². The van der Waals surface area contributed by atoms with Gasteiger partial charge in [0.1, 0.15) is 11.9 Å². The Morgan fingerprint density at radius 3 is 2.81 bits per heavy atom. The summed E-state index contributed by atoms with van der Waals surface area (Å²) >= 11 is 5.19. The Balaban J connectivity index is 1.58. The zero-order chi connectivity index (χ0) is 22.4. The lowest BCUT2D eigenvalue weighted by atomic mass is 9.98. The third-order valence-electron chi connectivity index (χ3n) is 4.90. The van der Waals surface area contributed by atoms with E-state index in [9.17, 15) is 27.9 Å². The molecular formula is C17H16F3N2O7PS. The zero-order valence-electron chi connectivity index (χ0n) is 15.5. The molecule has 1 unspecified atom stereocenters. The van der Waals surface area contributed by atoms with Crippen LogP contribution >= 0.6 is 6.72 Å². The predicted octanol–water partition coefficient (Wildman–Crippen LogP) is 1.62. The molecule has 0 aliphatic carbocycles. The van der Waals surface area contributed by atoms with Crippen molar-refractivity contribution in [2.24, 2.45) is 0 Å². The molecule has 2 N–H and O–H groups in total. The predicted molar refractivity (Wildman–Crippen MR) is 103 cm³/mol. The Bertz CT molecular complexity index is 1140. The summed E-state index contributed by atoms with van der Waals surface area (Å²) in [6.07, 6.45) is -9.23. The average Bonchev–Trinajstić information content (AvgIpc) is 2.98. The highest BCUT2D eigenvalue weighted by Gasteiger charge is 2.62. The van der Waals surface area contributed by atoms with Crippen molar-refractivity contribution >= 4 is 18.5 Å². The second-order valence-electron chi connectivity index (χ2n) is 6.87. The normalized spacial score (nSPS) is 32.6. The van der Waals surface area contributed by atoms with E-state index in [1.54, 1.807) is 24.3 Å². The molecule has 14 heteroatoms. The maximum atomic E-state index is 14.9. The third-order valence-corrected chi connectivity index (χ3v) is 7.07. The molecule has 0 saturated carbocycles. The number of aromatic nitrogens is 2. The van der Waals surface area contributed by atoms with Crippen molar-refractivity contribution in [3.63, 3.8) is 0 Å². The molecule has 1 aromatic carbocycles. The molecule has 1 fully saturated rings. The van der Waals surface area contributed by atoms with Gasteiger partial charge in [-0.15, -0.1) is 0 Å². The molecule has 0 spiro atoms. The number of nitrogens with one attached hydrogen (secondary N) is 1. The van der Waals surface area contributed by atoms with Crippen LogP contribution in [-0.4, -0.2) is 45.6 Å². The number of ether oxygens (including phenoxy) is 1. The third kappa shape index (κ3) is 3.97. The summed E-state index contributed by atoms with van der Waals surface area (Å²) in [4.78, 5) is 25.0. The summed E-state index contributed by atoms with van der Waals surface area (Å²) in [5.74, 6) is 0.352. The zero-order valence-corrected chi connectivity index (χ0v) is 17.2. The van der Waals surface area contributed by atoms with Crippen LogP contribution in [0.2, 0.25) is 0 Å². The summed E-state index contributed by atoms with van der Waals surface area (Å²) in [6.45, 7) is -4.69. The number of hydrogen-bond donors (Lipinski definition) is 2. The molecule has 31 heavy (non-hydrogen) atoms. The molecule has 2 aliphatic rings. The van der Waals surface area contributed by atoms with E-state index in [2.05, 4.69) is 0 Å². The Hall–Kier alpha value is -2.02. The number of fused-ring (bicyclic) bond motifs is 1. The number of aromatic amines is 1. The second kappa shape index (κ2) is 8.15. The number of H-pyrrole nitrogens is 1. The molecule has 9 nitrogen and oxygen atoms in total. The molecular weight excluding hydrogens is 464 g/mol. The summed E-state index contributed by atoms with van der Waals surface area (Å²) in [6, 6.07) is 7.62. The van der Waals surface area contributed by atoms with E-state index in [1.807, 2.05) is 4.98 Å². The van der Waals surface area contributed by atoms with Gasteiger partial charge in [-0.3, -0.25) is 23.4 Å². The topological polar surface area (TPSA) is 112 Å². The van der Waals surface area contributed by atoms with Crippen molar-refractivity contribution < 1.29 is 36.6 Å². The fourth-order valence-corrected chi connectivity index (χ4v) is 5.05. The number of aliphatic hydroxyl groups excluding tert-OH is 1. The number of nitrogens with zero attached hydrogens (tertiary/aromatic N) is 1. The van der Waals surface area contributed by atoms with Crippen LogP contribution in [0.4, 0.5) is 13.2 Å². The number of alkyl halides is 3. The summed E-state index contributed by atoms with van der Waals surface area (Å²) in [5, 5.41) is 10.2. The molecule has 0 amide bonds. The molecule has 4 rings (SSSR count). The molecule has 3 heterocycles. The van der Waals surface area contributed by atoms with Gasteiger partial charge in [-0.05, 0) is 6.07 Å². The van der Waals surface area contributed by atoms with E-state index in [0.717, 1.165) is 12.3 Å². The lowest BCUT2D eigenvalue weighted by Crippen LogP contribution is -2.50. The molecule has 5 atom stereocenters. The van der Waals surface area contributed by atoms with Gasteiger partial charge in [-0.25, -0.2) is 18.0 Å². The average molecular weight is 480 g/mol. The van der Waals surface area contributed by atoms with Crippen LogP contribution in [0.3, 0.4) is 0 Å². The van der Waals surface area contributed by atoms with E-state index in [1.165, 1.54) is 0 Å². The number of benzene rings is 1. The van der Waals surface area contributed by atoms with Crippen molar-refractivity contribution in [1.29, 1.82) is 0 Å². The molecule has 0 radical (unpaired) electrons. The van der Waals surface area contributed by atoms with Crippen LogP contribution in [0.5, 0.6) is 5.75 Å². The van der Waals surface area contributed by atoms with E-state index in [0.29, 0.717) is 15.9 Å². The fourth-order valence-electron chi connectivity index (χ4n) is 3.24. The van der Waals surface area contributed by atoms with Crippen molar-refractivity contribution in [1.82, 2.24) is 9.55 Å². The van der Waals surface area contributed by atoms with Gasteiger partial charge in [0.25, 0.3) is 12.0 Å². The van der Waals surface area contributed by atoms with Gasteiger partial charge in [0, 0.05) is 29.6 Å². The van der Waals surface area contributed by atoms with E-state index in [4.69, 9.17) is 30.1 Å². The van der Waals surface area contributed by atoms with Crippen LogP contribution < -0.4 is 15.8 Å². The second-order valence-corrected chi connectivity index (χ2v) is 9.80. The van der Waals surface area contributed by atoms with Crippen molar-refractivity contribution in [2.75, 3.05) is 6.61 Å². The first-order chi connectivity index (χ1) is 14.7. The number of hydrogen-bond acceptors (Lipinski definition) is 8. The van der Waals surface area contributed by atoms with E-state index < -0.39 is 55.1 Å². The first kappa shape index (κ1) is 22.2. The van der Waals surface area contributed by atoms with Crippen molar-refractivity contribution in [3.05, 3.63) is 62.9 Å². The van der Waals surface area contributed by atoms with Gasteiger partial charge < -0.3 is 14.4 Å². The van der Waals surface area contributed by atoms with Gasteiger partial charge in [0.05, 0.1) is 13.2 Å². The molecule has 168 valence electrons. The van der Waals surface area contributed by atoms with E-state index >= 15 is 0 Å². The summed E-state index contributed by atoms with van der Waals surface area (Å²) in [5.41, 5.74) is -4.13. The van der Waals surface area contributed by atoms with Gasteiger partial charge in [-0.1, -0.05) is 18.2 Å². The molecule has 1 aromatic heterocycles. The van der Waals surface area contributed by atoms with Gasteiger partial charge >= 0.3 is 12.4 Å². The minimum Gasteiger partial charge on any atom is -0.424 e. The monoisotopic (exact) mass is 480 g/mol. The lowest BCUT2D eigenvalue weighted by molar-refractivity contribution is -0.183. The van der Waals surface area contributed by atoms with Crippen LogP contribution in [0, 0.1) is 0 Å². The van der Waals surface area contributed by atoms with Gasteiger partial charge in [0.2, 0.25) is 0 Å². The number of rotatable bonds is 5. The van der Waals surface area contributed by atoms with Crippen LogP contribution in [0.25, 0.3) is 0 Å². The van der Waals surface area contributed by atoms with Crippen LogP contribution in [-0.2, 0) is 32.2 Å². The summed E-state index contributed by atoms with van der Waals surface area (Å²) < 4.78 is 64.9. The Morgan fingerprint density at radius 2 is 2.10 bits per heavy atom. The number of halogens is 3. The highest BCUT2D eigenvalue weighted by Crippen LogP contribution is 2.56. The molecule has 2 aliphatic heterocycles. The Labute approximate surface area is 177 Å².